The monoisotopic (exact) mass is 361 g/mol. The fourth-order valence-electron chi connectivity index (χ4n) is 3.13. The molecule has 0 bridgehead atoms. The molecule has 1 fully saturated rings. The van der Waals surface area contributed by atoms with Crippen molar-refractivity contribution >= 4 is 5.96 Å². The molecule has 146 valence electrons. The van der Waals surface area contributed by atoms with Crippen molar-refractivity contribution in [1.82, 2.24) is 20.4 Å². The van der Waals surface area contributed by atoms with E-state index < -0.39 is 0 Å². The van der Waals surface area contributed by atoms with Crippen LogP contribution in [0.2, 0.25) is 0 Å². The van der Waals surface area contributed by atoms with Crippen molar-refractivity contribution in [3.63, 3.8) is 0 Å². The summed E-state index contributed by atoms with van der Waals surface area (Å²) in [5.41, 5.74) is 2.71. The summed E-state index contributed by atoms with van der Waals surface area (Å²) in [7, 11) is 1.83. The zero-order chi connectivity index (χ0) is 18.6. The van der Waals surface area contributed by atoms with Gasteiger partial charge in [0.05, 0.1) is 13.2 Å². The molecule has 0 spiro atoms. The molecule has 0 unspecified atom stereocenters. The Labute approximate surface area is 158 Å². The van der Waals surface area contributed by atoms with Gasteiger partial charge in [0.2, 0.25) is 0 Å². The Morgan fingerprint density at radius 1 is 1.12 bits per heavy atom. The van der Waals surface area contributed by atoms with Crippen molar-refractivity contribution in [3.05, 3.63) is 35.4 Å². The van der Waals surface area contributed by atoms with Crippen molar-refractivity contribution in [2.24, 2.45) is 4.99 Å². The maximum atomic E-state index is 5.39. The van der Waals surface area contributed by atoms with Crippen LogP contribution in [-0.2, 0) is 17.8 Å². The summed E-state index contributed by atoms with van der Waals surface area (Å²) in [5.74, 6) is 0.857. The van der Waals surface area contributed by atoms with Crippen LogP contribution in [0.5, 0.6) is 0 Å². The number of hydrogen-bond donors (Lipinski definition) is 2. The Hall–Kier alpha value is -1.63. The maximum Gasteiger partial charge on any atom is 0.191 e. The van der Waals surface area contributed by atoms with E-state index in [1.807, 2.05) is 7.05 Å². The van der Waals surface area contributed by atoms with E-state index in [-0.39, 0.29) is 0 Å². The number of hydrogen-bond acceptors (Lipinski definition) is 4. The van der Waals surface area contributed by atoms with Gasteiger partial charge in [0.1, 0.15) is 0 Å². The van der Waals surface area contributed by atoms with E-state index in [4.69, 9.17) is 4.74 Å². The standard InChI is InChI=1S/C20H35N5O/c1-4-24(5-2)17-19-9-7-6-8-18(19)16-23-20(21-3)22-10-11-25-12-14-26-15-13-25/h6-9H,4-5,10-17H2,1-3H3,(H2,21,22,23). The van der Waals surface area contributed by atoms with Crippen LogP contribution < -0.4 is 10.6 Å². The predicted molar refractivity (Wildman–Crippen MR) is 109 cm³/mol. The van der Waals surface area contributed by atoms with Crippen molar-refractivity contribution in [2.45, 2.75) is 26.9 Å². The lowest BCUT2D eigenvalue weighted by atomic mass is 10.1. The number of benzene rings is 1. The van der Waals surface area contributed by atoms with Crippen molar-refractivity contribution in [2.75, 3.05) is 59.5 Å². The first-order valence-corrected chi connectivity index (χ1v) is 9.80. The Bertz CT molecular complexity index is 539. The van der Waals surface area contributed by atoms with Gasteiger partial charge < -0.3 is 15.4 Å². The van der Waals surface area contributed by atoms with E-state index in [1.54, 1.807) is 0 Å². The van der Waals surface area contributed by atoms with Gasteiger partial charge in [-0.3, -0.25) is 14.8 Å². The topological polar surface area (TPSA) is 52.1 Å². The highest BCUT2D eigenvalue weighted by Crippen LogP contribution is 2.11. The summed E-state index contributed by atoms with van der Waals surface area (Å²) in [6.07, 6.45) is 0. The van der Waals surface area contributed by atoms with Crippen LogP contribution in [0.1, 0.15) is 25.0 Å². The minimum Gasteiger partial charge on any atom is -0.379 e. The first-order chi connectivity index (χ1) is 12.8. The van der Waals surface area contributed by atoms with Crippen molar-refractivity contribution < 1.29 is 4.74 Å². The Kier molecular flexibility index (Phi) is 9.45. The molecule has 6 heteroatoms. The van der Waals surface area contributed by atoms with E-state index in [2.05, 4.69) is 63.5 Å². The molecular weight excluding hydrogens is 326 g/mol. The molecule has 0 saturated carbocycles. The molecular formula is C20H35N5O. The largest absolute Gasteiger partial charge is 0.379 e. The third-order valence-corrected chi connectivity index (χ3v) is 4.90. The van der Waals surface area contributed by atoms with E-state index in [0.717, 1.165) is 71.5 Å². The molecule has 0 radical (unpaired) electrons. The summed E-state index contributed by atoms with van der Waals surface area (Å²) in [5, 5.41) is 6.87. The van der Waals surface area contributed by atoms with Gasteiger partial charge in [-0.25, -0.2) is 0 Å². The molecule has 1 aromatic rings. The smallest absolute Gasteiger partial charge is 0.191 e. The number of morpholine rings is 1. The van der Waals surface area contributed by atoms with Gasteiger partial charge >= 0.3 is 0 Å². The Morgan fingerprint density at radius 3 is 2.46 bits per heavy atom. The van der Waals surface area contributed by atoms with Crippen LogP contribution in [0.25, 0.3) is 0 Å². The van der Waals surface area contributed by atoms with Gasteiger partial charge in [-0.2, -0.15) is 0 Å². The van der Waals surface area contributed by atoms with E-state index in [1.165, 1.54) is 11.1 Å². The van der Waals surface area contributed by atoms with Gasteiger partial charge in [-0.1, -0.05) is 38.1 Å². The minimum absolute atomic E-state index is 0.786. The maximum absolute atomic E-state index is 5.39. The molecule has 2 rings (SSSR count). The van der Waals surface area contributed by atoms with Crippen LogP contribution >= 0.6 is 0 Å². The number of rotatable bonds is 9. The first kappa shape index (κ1) is 20.7. The number of nitrogens with zero attached hydrogens (tertiary/aromatic N) is 3. The number of ether oxygens (including phenoxy) is 1. The highest BCUT2D eigenvalue weighted by molar-refractivity contribution is 5.79. The minimum atomic E-state index is 0.786. The highest BCUT2D eigenvalue weighted by atomic mass is 16.5. The molecule has 1 aromatic carbocycles. The molecule has 0 amide bonds. The lowest BCUT2D eigenvalue weighted by Crippen LogP contribution is -2.44. The molecule has 1 heterocycles. The summed E-state index contributed by atoms with van der Waals surface area (Å²) < 4.78 is 5.39. The molecule has 1 saturated heterocycles. The van der Waals surface area contributed by atoms with Crippen molar-refractivity contribution in [1.29, 1.82) is 0 Å². The van der Waals surface area contributed by atoms with Crippen LogP contribution in [0.15, 0.2) is 29.3 Å². The molecule has 6 nitrogen and oxygen atoms in total. The van der Waals surface area contributed by atoms with E-state index >= 15 is 0 Å². The highest BCUT2D eigenvalue weighted by Gasteiger charge is 2.10. The van der Waals surface area contributed by atoms with Gasteiger partial charge in [0.25, 0.3) is 0 Å². The summed E-state index contributed by atoms with van der Waals surface area (Å²) in [6.45, 7) is 14.0. The van der Waals surface area contributed by atoms with Crippen LogP contribution in [0.4, 0.5) is 0 Å². The average molecular weight is 362 g/mol. The average Bonchev–Trinajstić information content (AvgIpc) is 2.70. The fraction of sp³-hybridized carbons (Fsp3) is 0.650. The number of aliphatic imine (C=N–C) groups is 1. The van der Waals surface area contributed by atoms with Crippen LogP contribution in [0.3, 0.4) is 0 Å². The molecule has 2 N–H and O–H groups in total. The molecule has 1 aliphatic heterocycles. The van der Waals surface area contributed by atoms with E-state index in [0.29, 0.717) is 0 Å². The van der Waals surface area contributed by atoms with Crippen molar-refractivity contribution in [3.8, 4) is 0 Å². The van der Waals surface area contributed by atoms with E-state index in [9.17, 15) is 0 Å². The predicted octanol–water partition coefficient (Wildman–Crippen LogP) is 1.53. The SMILES string of the molecule is CCN(CC)Cc1ccccc1CNC(=NC)NCCN1CCOCC1. The summed E-state index contributed by atoms with van der Waals surface area (Å²) in [6, 6.07) is 8.66. The number of nitrogens with one attached hydrogen (secondary N) is 2. The molecule has 0 aliphatic carbocycles. The Balaban J connectivity index is 1.80. The van der Waals surface area contributed by atoms with Gasteiger partial charge in [0, 0.05) is 46.3 Å². The third-order valence-electron chi connectivity index (χ3n) is 4.90. The Morgan fingerprint density at radius 2 is 1.81 bits per heavy atom. The second-order valence-corrected chi connectivity index (χ2v) is 6.54. The number of guanidine groups is 1. The van der Waals surface area contributed by atoms with Gasteiger partial charge in [-0.05, 0) is 24.2 Å². The fourth-order valence-corrected chi connectivity index (χ4v) is 3.13. The normalized spacial score (nSPS) is 16.1. The zero-order valence-electron chi connectivity index (χ0n) is 16.6. The molecule has 0 atom stereocenters. The van der Waals surface area contributed by atoms with Crippen LogP contribution in [0, 0.1) is 0 Å². The summed E-state index contributed by atoms with van der Waals surface area (Å²) in [4.78, 5) is 9.21. The second-order valence-electron chi connectivity index (χ2n) is 6.54. The van der Waals surface area contributed by atoms with Crippen LogP contribution in [-0.4, -0.2) is 75.3 Å². The molecule has 0 aromatic heterocycles. The van der Waals surface area contributed by atoms with Gasteiger partial charge in [-0.15, -0.1) is 0 Å². The zero-order valence-corrected chi connectivity index (χ0v) is 16.6. The lowest BCUT2D eigenvalue weighted by molar-refractivity contribution is 0.0389. The third kappa shape index (κ3) is 6.94. The quantitative estimate of drug-likeness (QED) is 0.516. The van der Waals surface area contributed by atoms with Gasteiger partial charge in [0.15, 0.2) is 5.96 Å². The second kappa shape index (κ2) is 11.9. The first-order valence-electron chi connectivity index (χ1n) is 9.80. The molecule has 26 heavy (non-hydrogen) atoms. The summed E-state index contributed by atoms with van der Waals surface area (Å²) >= 11 is 0. The molecule has 1 aliphatic rings. The lowest BCUT2D eigenvalue weighted by Gasteiger charge is -2.26.